The number of benzene rings is 2. The molecule has 2 heterocycles. The molecule has 29 heavy (non-hydrogen) atoms. The Labute approximate surface area is 171 Å². The van der Waals surface area contributed by atoms with Crippen molar-refractivity contribution in [1.29, 1.82) is 0 Å². The number of piperazine rings is 1. The summed E-state index contributed by atoms with van der Waals surface area (Å²) < 4.78 is 2.18. The van der Waals surface area contributed by atoms with Gasteiger partial charge in [-0.3, -0.25) is 9.69 Å². The quantitative estimate of drug-likeness (QED) is 0.722. The zero-order valence-electron chi connectivity index (χ0n) is 17.2. The number of aliphatic carboxylic acids is 1. The Balaban J connectivity index is 1.50. The van der Waals surface area contributed by atoms with Crippen LogP contribution >= 0.6 is 0 Å². The largest absolute Gasteiger partial charge is 0.481 e. The van der Waals surface area contributed by atoms with Crippen LogP contribution in [0.1, 0.15) is 25.0 Å². The number of carboxylic acid groups (broad SMARTS) is 1. The van der Waals surface area contributed by atoms with Gasteiger partial charge in [0.2, 0.25) is 5.95 Å². The van der Waals surface area contributed by atoms with Gasteiger partial charge in [0.05, 0.1) is 17.5 Å². The van der Waals surface area contributed by atoms with Crippen LogP contribution in [0.15, 0.2) is 48.5 Å². The van der Waals surface area contributed by atoms with Crippen LogP contribution in [0.2, 0.25) is 0 Å². The van der Waals surface area contributed by atoms with Crippen molar-refractivity contribution in [2.75, 3.05) is 18.0 Å². The van der Waals surface area contributed by atoms with Crippen LogP contribution in [-0.4, -0.2) is 50.7 Å². The second-order valence-corrected chi connectivity index (χ2v) is 8.13. The topological polar surface area (TPSA) is 61.6 Å². The zero-order chi connectivity index (χ0) is 20.5. The highest BCUT2D eigenvalue weighted by atomic mass is 16.4. The summed E-state index contributed by atoms with van der Waals surface area (Å²) in [4.78, 5) is 20.8. The van der Waals surface area contributed by atoms with Gasteiger partial charge in [-0.05, 0) is 37.1 Å². The number of para-hydroxylation sites is 2. The number of anilines is 1. The number of carbonyl (C=O) groups is 1. The molecule has 6 nitrogen and oxygen atoms in total. The normalized spacial score (nSPS) is 20.3. The average Bonchev–Trinajstić information content (AvgIpc) is 3.01. The van der Waals surface area contributed by atoms with E-state index < -0.39 is 5.97 Å². The van der Waals surface area contributed by atoms with Crippen molar-refractivity contribution >= 4 is 23.0 Å². The van der Waals surface area contributed by atoms with E-state index in [1.54, 1.807) is 0 Å². The molecule has 1 fully saturated rings. The molecule has 0 radical (unpaired) electrons. The molecule has 6 heteroatoms. The van der Waals surface area contributed by atoms with E-state index in [2.05, 4.69) is 59.5 Å². The van der Waals surface area contributed by atoms with Gasteiger partial charge in [0.25, 0.3) is 0 Å². The van der Waals surface area contributed by atoms with Gasteiger partial charge < -0.3 is 14.6 Å². The molecule has 2 aromatic carbocycles. The number of carboxylic acids is 1. The molecule has 1 aromatic heterocycles. The monoisotopic (exact) mass is 392 g/mol. The Morgan fingerprint density at radius 3 is 2.45 bits per heavy atom. The van der Waals surface area contributed by atoms with E-state index in [1.807, 2.05) is 24.3 Å². The number of aromatic nitrogens is 2. The number of hydrogen-bond acceptors (Lipinski definition) is 4. The van der Waals surface area contributed by atoms with Crippen molar-refractivity contribution in [2.45, 2.75) is 38.9 Å². The molecule has 1 aliphatic rings. The van der Waals surface area contributed by atoms with Crippen molar-refractivity contribution in [2.24, 2.45) is 7.05 Å². The van der Waals surface area contributed by atoms with E-state index in [0.29, 0.717) is 12.1 Å². The lowest BCUT2D eigenvalue weighted by atomic mass is 10.0. The summed E-state index contributed by atoms with van der Waals surface area (Å²) in [5, 5.41) is 9.05. The van der Waals surface area contributed by atoms with Crippen molar-refractivity contribution in [3.63, 3.8) is 0 Å². The van der Waals surface area contributed by atoms with Gasteiger partial charge in [-0.1, -0.05) is 36.4 Å². The van der Waals surface area contributed by atoms with Crippen LogP contribution in [-0.2, 0) is 24.8 Å². The van der Waals surface area contributed by atoms with E-state index in [1.165, 1.54) is 5.56 Å². The molecule has 3 aromatic rings. The Morgan fingerprint density at radius 1 is 1.07 bits per heavy atom. The van der Waals surface area contributed by atoms with Crippen molar-refractivity contribution < 1.29 is 9.90 Å². The molecular formula is C23H28N4O2. The number of hydrogen-bond donors (Lipinski definition) is 1. The van der Waals surface area contributed by atoms with E-state index in [9.17, 15) is 4.79 Å². The van der Waals surface area contributed by atoms with Gasteiger partial charge in [0, 0.05) is 38.8 Å². The second kappa shape index (κ2) is 7.87. The fraction of sp³-hybridized carbons (Fsp3) is 0.391. The molecule has 1 N–H and O–H groups in total. The van der Waals surface area contributed by atoms with Gasteiger partial charge in [-0.25, -0.2) is 4.98 Å². The van der Waals surface area contributed by atoms with Crippen molar-refractivity contribution in [3.05, 3.63) is 59.7 Å². The van der Waals surface area contributed by atoms with Crippen molar-refractivity contribution in [3.8, 4) is 0 Å². The van der Waals surface area contributed by atoms with Crippen LogP contribution in [0, 0.1) is 0 Å². The molecule has 0 saturated carbocycles. The second-order valence-electron chi connectivity index (χ2n) is 8.13. The zero-order valence-corrected chi connectivity index (χ0v) is 17.2. The van der Waals surface area contributed by atoms with E-state index in [-0.39, 0.29) is 6.42 Å². The first kappa shape index (κ1) is 19.5. The van der Waals surface area contributed by atoms with Gasteiger partial charge in [0.15, 0.2) is 0 Å². The third-order valence-corrected chi connectivity index (χ3v) is 5.86. The van der Waals surface area contributed by atoms with Crippen molar-refractivity contribution in [1.82, 2.24) is 14.5 Å². The summed E-state index contributed by atoms with van der Waals surface area (Å²) in [6.45, 7) is 7.16. The minimum atomic E-state index is -0.792. The number of aryl methyl sites for hydroxylation is 1. The summed E-state index contributed by atoms with van der Waals surface area (Å²) in [6.07, 6.45) is 0.0689. The predicted octanol–water partition coefficient (Wildman–Crippen LogP) is 3.30. The predicted molar refractivity (Wildman–Crippen MR) is 115 cm³/mol. The van der Waals surface area contributed by atoms with Gasteiger partial charge in [0.1, 0.15) is 0 Å². The van der Waals surface area contributed by atoms with Crippen LogP contribution < -0.4 is 4.90 Å². The summed E-state index contributed by atoms with van der Waals surface area (Å²) in [5.41, 5.74) is 4.20. The lowest BCUT2D eigenvalue weighted by Gasteiger charge is -2.44. The van der Waals surface area contributed by atoms with Gasteiger partial charge >= 0.3 is 5.97 Å². The first-order valence-electron chi connectivity index (χ1n) is 10.1. The molecule has 0 unspecified atom stereocenters. The number of imidazole rings is 1. The highest BCUT2D eigenvalue weighted by Gasteiger charge is 2.31. The summed E-state index contributed by atoms with van der Waals surface area (Å²) in [6, 6.07) is 16.9. The van der Waals surface area contributed by atoms with Crippen LogP contribution in [0.25, 0.3) is 11.0 Å². The van der Waals surface area contributed by atoms with Gasteiger partial charge in [-0.15, -0.1) is 0 Å². The van der Waals surface area contributed by atoms with Crippen LogP contribution in [0.3, 0.4) is 0 Å². The summed E-state index contributed by atoms with van der Waals surface area (Å²) in [5.74, 6) is 0.230. The minimum absolute atomic E-state index is 0.0689. The third-order valence-electron chi connectivity index (χ3n) is 5.86. The molecule has 152 valence electrons. The highest BCUT2D eigenvalue weighted by molar-refractivity contribution is 5.78. The maximum absolute atomic E-state index is 11.0. The molecular weight excluding hydrogens is 364 g/mol. The Hall–Kier alpha value is -2.86. The van der Waals surface area contributed by atoms with E-state index >= 15 is 0 Å². The third kappa shape index (κ3) is 3.98. The molecule has 0 bridgehead atoms. The SMILES string of the molecule is C[C@@H]1CN(c2nc3ccccc3n2C)C[C@H](C)N1Cc1cccc(CC(=O)O)c1. The highest BCUT2D eigenvalue weighted by Crippen LogP contribution is 2.26. The molecule has 1 aliphatic heterocycles. The maximum atomic E-state index is 11.0. The lowest BCUT2D eigenvalue weighted by molar-refractivity contribution is -0.136. The number of rotatable bonds is 5. The van der Waals surface area contributed by atoms with Gasteiger partial charge in [-0.2, -0.15) is 0 Å². The summed E-state index contributed by atoms with van der Waals surface area (Å²) in [7, 11) is 2.08. The molecule has 0 spiro atoms. The Kier molecular flexibility index (Phi) is 5.28. The molecule has 1 saturated heterocycles. The van der Waals surface area contributed by atoms with Crippen LogP contribution in [0.4, 0.5) is 5.95 Å². The Bertz CT molecular complexity index is 1020. The minimum Gasteiger partial charge on any atom is -0.481 e. The molecule has 4 rings (SSSR count). The molecule has 0 aliphatic carbocycles. The summed E-state index contributed by atoms with van der Waals surface area (Å²) >= 11 is 0. The average molecular weight is 393 g/mol. The fourth-order valence-corrected chi connectivity index (χ4v) is 4.47. The smallest absolute Gasteiger partial charge is 0.307 e. The lowest BCUT2D eigenvalue weighted by Crippen LogP contribution is -2.56. The standard InChI is InChI=1S/C23H28N4O2/c1-16-13-26(23-24-20-9-4-5-10-21(20)25(23)3)14-17(2)27(16)15-19-8-6-7-18(11-19)12-22(28)29/h4-11,16-17H,12-15H2,1-3H3,(H,28,29)/t16-,17+. The molecule has 2 atom stereocenters. The number of fused-ring (bicyclic) bond motifs is 1. The Morgan fingerprint density at radius 2 is 1.76 bits per heavy atom. The first-order chi connectivity index (χ1) is 13.9. The fourth-order valence-electron chi connectivity index (χ4n) is 4.47. The first-order valence-corrected chi connectivity index (χ1v) is 10.1. The van der Waals surface area contributed by atoms with E-state index in [0.717, 1.165) is 42.2 Å². The van der Waals surface area contributed by atoms with Crippen LogP contribution in [0.5, 0.6) is 0 Å². The maximum Gasteiger partial charge on any atom is 0.307 e. The van der Waals surface area contributed by atoms with E-state index in [4.69, 9.17) is 10.1 Å². The molecule has 0 amide bonds. The number of nitrogens with zero attached hydrogens (tertiary/aromatic N) is 4.